The minimum atomic E-state index is -0.761. The van der Waals surface area contributed by atoms with Crippen LogP contribution in [0.4, 0.5) is 0 Å². The predicted octanol–water partition coefficient (Wildman–Crippen LogP) is 1.94. The Labute approximate surface area is 75.6 Å². The van der Waals surface area contributed by atoms with Crippen LogP contribution in [0.5, 0.6) is 0 Å². The van der Waals surface area contributed by atoms with Crippen LogP contribution in [0.15, 0.2) is 0 Å². The van der Waals surface area contributed by atoms with Crippen LogP contribution in [0.1, 0.15) is 47.0 Å². The van der Waals surface area contributed by atoms with Gasteiger partial charge in [0.05, 0.1) is 11.7 Å². The largest absolute Gasteiger partial charge is 0.393 e. The summed E-state index contributed by atoms with van der Waals surface area (Å²) in [5.41, 5.74) is -0.761. The van der Waals surface area contributed by atoms with E-state index in [9.17, 15) is 10.2 Å². The monoisotopic (exact) mass is 174 g/mol. The number of hydrogen-bond donors (Lipinski definition) is 2. The molecule has 0 amide bonds. The van der Waals surface area contributed by atoms with Crippen molar-refractivity contribution in [1.29, 1.82) is 0 Å². The van der Waals surface area contributed by atoms with Gasteiger partial charge in [0.15, 0.2) is 0 Å². The van der Waals surface area contributed by atoms with Crippen molar-refractivity contribution in [2.75, 3.05) is 0 Å². The molecule has 0 bridgehead atoms. The maximum Gasteiger partial charge on any atom is 0.0644 e. The Morgan fingerprint density at radius 2 is 1.83 bits per heavy atom. The van der Waals surface area contributed by atoms with Crippen molar-refractivity contribution in [2.45, 2.75) is 58.7 Å². The van der Waals surface area contributed by atoms with Crippen LogP contribution in [-0.4, -0.2) is 21.9 Å². The molecular weight excluding hydrogens is 152 g/mol. The molecule has 2 atom stereocenters. The Balaban J connectivity index is 4.05. The fourth-order valence-electron chi connectivity index (χ4n) is 1.61. The number of unbranched alkanes of at least 4 members (excludes halogenated alkanes) is 1. The molecule has 0 radical (unpaired) electrons. The lowest BCUT2D eigenvalue weighted by Gasteiger charge is -2.31. The maximum atomic E-state index is 9.71. The molecule has 0 aliphatic heterocycles. The fourth-order valence-corrected chi connectivity index (χ4v) is 1.61. The Morgan fingerprint density at radius 3 is 2.08 bits per heavy atom. The van der Waals surface area contributed by atoms with E-state index in [4.69, 9.17) is 0 Å². The highest BCUT2D eigenvalue weighted by Gasteiger charge is 2.29. The maximum absolute atomic E-state index is 9.71. The third-order valence-electron chi connectivity index (χ3n) is 2.36. The van der Waals surface area contributed by atoms with Crippen molar-refractivity contribution >= 4 is 0 Å². The normalized spacial score (nSPS) is 17.5. The van der Waals surface area contributed by atoms with Crippen LogP contribution in [0.3, 0.4) is 0 Å². The summed E-state index contributed by atoms with van der Waals surface area (Å²) in [7, 11) is 0. The molecule has 12 heavy (non-hydrogen) atoms. The minimum Gasteiger partial charge on any atom is -0.393 e. The second-order valence-corrected chi connectivity index (χ2v) is 4.14. The summed E-state index contributed by atoms with van der Waals surface area (Å²) in [6.07, 6.45) is 2.66. The van der Waals surface area contributed by atoms with Crippen molar-refractivity contribution in [3.05, 3.63) is 0 Å². The van der Waals surface area contributed by atoms with Gasteiger partial charge in [0, 0.05) is 5.92 Å². The summed E-state index contributed by atoms with van der Waals surface area (Å²) in [6, 6.07) is 0. The number of hydrogen-bond acceptors (Lipinski definition) is 2. The van der Waals surface area contributed by atoms with Crippen LogP contribution < -0.4 is 0 Å². The lowest BCUT2D eigenvalue weighted by atomic mass is 9.83. The van der Waals surface area contributed by atoms with Crippen molar-refractivity contribution in [3.8, 4) is 0 Å². The molecule has 74 valence electrons. The lowest BCUT2D eigenvalue weighted by Crippen LogP contribution is -2.37. The van der Waals surface area contributed by atoms with Gasteiger partial charge in [0.1, 0.15) is 0 Å². The summed E-state index contributed by atoms with van der Waals surface area (Å²) < 4.78 is 0. The van der Waals surface area contributed by atoms with E-state index in [0.717, 1.165) is 19.3 Å². The highest BCUT2D eigenvalue weighted by Crippen LogP contribution is 2.25. The van der Waals surface area contributed by atoms with E-state index in [0.29, 0.717) is 0 Å². The van der Waals surface area contributed by atoms with Gasteiger partial charge < -0.3 is 10.2 Å². The summed E-state index contributed by atoms with van der Waals surface area (Å²) in [6.45, 7) is 7.39. The van der Waals surface area contributed by atoms with Crippen molar-refractivity contribution in [2.24, 2.45) is 5.92 Å². The van der Waals surface area contributed by atoms with E-state index in [1.165, 1.54) is 0 Å². The van der Waals surface area contributed by atoms with Crippen LogP contribution in [0.2, 0.25) is 0 Å². The zero-order valence-electron chi connectivity index (χ0n) is 8.67. The van der Waals surface area contributed by atoms with E-state index in [-0.39, 0.29) is 5.92 Å². The van der Waals surface area contributed by atoms with Crippen LogP contribution in [0.25, 0.3) is 0 Å². The first-order valence-corrected chi connectivity index (χ1v) is 4.80. The molecule has 2 N–H and O–H groups in total. The molecule has 0 aliphatic carbocycles. The highest BCUT2D eigenvalue weighted by molar-refractivity contribution is 4.80. The Hall–Kier alpha value is -0.0800. The average Bonchev–Trinajstić information content (AvgIpc) is 1.84. The molecule has 0 fully saturated rings. The first kappa shape index (κ1) is 11.9. The zero-order valence-corrected chi connectivity index (χ0v) is 8.67. The van der Waals surface area contributed by atoms with E-state index in [2.05, 4.69) is 6.92 Å². The molecule has 0 aliphatic rings. The van der Waals surface area contributed by atoms with Gasteiger partial charge in [0.2, 0.25) is 0 Å². The molecule has 2 heteroatoms. The van der Waals surface area contributed by atoms with E-state index >= 15 is 0 Å². The van der Waals surface area contributed by atoms with Crippen molar-refractivity contribution in [3.63, 3.8) is 0 Å². The fraction of sp³-hybridized carbons (Fsp3) is 1.00. The van der Waals surface area contributed by atoms with Gasteiger partial charge in [-0.1, -0.05) is 19.8 Å². The van der Waals surface area contributed by atoms with Gasteiger partial charge in [0.25, 0.3) is 0 Å². The van der Waals surface area contributed by atoms with Gasteiger partial charge in [-0.05, 0) is 27.2 Å². The third-order valence-corrected chi connectivity index (χ3v) is 2.36. The summed E-state index contributed by atoms with van der Waals surface area (Å²) >= 11 is 0. The topological polar surface area (TPSA) is 40.5 Å². The van der Waals surface area contributed by atoms with E-state index < -0.39 is 11.7 Å². The second kappa shape index (κ2) is 4.83. The van der Waals surface area contributed by atoms with Crippen molar-refractivity contribution < 1.29 is 10.2 Å². The molecule has 0 spiro atoms. The third kappa shape index (κ3) is 4.07. The van der Waals surface area contributed by atoms with Gasteiger partial charge in [-0.3, -0.25) is 0 Å². The number of aliphatic hydroxyl groups excluding tert-OH is 1. The van der Waals surface area contributed by atoms with Crippen LogP contribution in [-0.2, 0) is 0 Å². The first-order chi connectivity index (χ1) is 5.39. The van der Waals surface area contributed by atoms with Gasteiger partial charge in [-0.2, -0.15) is 0 Å². The van der Waals surface area contributed by atoms with Crippen LogP contribution >= 0.6 is 0 Å². The molecule has 2 unspecified atom stereocenters. The Morgan fingerprint density at radius 1 is 1.33 bits per heavy atom. The van der Waals surface area contributed by atoms with Crippen molar-refractivity contribution in [1.82, 2.24) is 0 Å². The molecule has 0 aromatic rings. The quantitative estimate of drug-likeness (QED) is 0.668. The molecule has 0 heterocycles. The standard InChI is InChI=1S/C10H22O2/c1-5-6-7-9(8(2)11)10(3,4)12/h8-9,11-12H,5-7H2,1-4H3. The zero-order chi connectivity index (χ0) is 9.78. The number of aliphatic hydroxyl groups is 2. The number of rotatable bonds is 5. The molecule has 0 aromatic carbocycles. The van der Waals surface area contributed by atoms with Gasteiger partial charge >= 0.3 is 0 Å². The van der Waals surface area contributed by atoms with E-state index in [1.807, 2.05) is 0 Å². The summed E-state index contributed by atoms with van der Waals surface area (Å²) in [5, 5.41) is 19.1. The first-order valence-electron chi connectivity index (χ1n) is 4.80. The van der Waals surface area contributed by atoms with Crippen LogP contribution in [0, 0.1) is 5.92 Å². The minimum absolute atomic E-state index is 0.00236. The molecule has 0 aromatic heterocycles. The Bertz CT molecular complexity index is 113. The molecule has 0 saturated heterocycles. The average molecular weight is 174 g/mol. The lowest BCUT2D eigenvalue weighted by molar-refractivity contribution is -0.0444. The highest BCUT2D eigenvalue weighted by atomic mass is 16.3. The smallest absolute Gasteiger partial charge is 0.0644 e. The predicted molar refractivity (Wildman–Crippen MR) is 51.0 cm³/mol. The summed E-state index contributed by atoms with van der Waals surface area (Å²) in [4.78, 5) is 0. The Kier molecular flexibility index (Phi) is 4.80. The molecule has 0 rings (SSSR count). The molecular formula is C10H22O2. The molecule has 0 saturated carbocycles. The molecule has 2 nitrogen and oxygen atoms in total. The van der Waals surface area contributed by atoms with Gasteiger partial charge in [-0.25, -0.2) is 0 Å². The summed E-state index contributed by atoms with van der Waals surface area (Å²) in [5.74, 6) is -0.00236. The van der Waals surface area contributed by atoms with Gasteiger partial charge in [-0.15, -0.1) is 0 Å². The second-order valence-electron chi connectivity index (χ2n) is 4.14. The SMILES string of the molecule is CCCCC(C(C)O)C(C)(C)O. The van der Waals surface area contributed by atoms with E-state index in [1.54, 1.807) is 20.8 Å².